The molecule has 1 heterocycles. The molecule has 0 bridgehead atoms. The predicted octanol–water partition coefficient (Wildman–Crippen LogP) is 2.66. The second-order valence-electron chi connectivity index (χ2n) is 5.27. The van der Waals surface area contributed by atoms with Crippen LogP contribution in [0.2, 0.25) is 0 Å². The molecule has 1 aliphatic rings. The Balaban J connectivity index is 1.72. The summed E-state index contributed by atoms with van der Waals surface area (Å²) >= 11 is 0. The molecule has 0 saturated carbocycles. The first-order valence-corrected chi connectivity index (χ1v) is 7.60. The number of carbonyl (C=O) groups is 1. The molecule has 1 aliphatic heterocycles. The average molecular weight is 329 g/mol. The average Bonchev–Trinajstić information content (AvgIpc) is 2.61. The molecule has 3 rings (SSSR count). The lowest BCUT2D eigenvalue weighted by Gasteiger charge is -2.18. The van der Waals surface area contributed by atoms with Crippen molar-refractivity contribution < 1.29 is 23.7 Å². The third-order valence-electron chi connectivity index (χ3n) is 3.65. The summed E-state index contributed by atoms with van der Waals surface area (Å²) < 4.78 is 21.5. The molecule has 126 valence electrons. The third-order valence-corrected chi connectivity index (χ3v) is 3.65. The van der Waals surface area contributed by atoms with Gasteiger partial charge < -0.3 is 24.3 Å². The van der Waals surface area contributed by atoms with Crippen molar-refractivity contribution in [2.75, 3.05) is 32.8 Å². The zero-order valence-electron chi connectivity index (χ0n) is 13.6. The SMILES string of the molecule is COc1ccc(OC)c(NC(=O)Cc2ccc3c(c2)OCCO3)c1. The van der Waals surface area contributed by atoms with Gasteiger partial charge in [-0.2, -0.15) is 0 Å². The lowest BCUT2D eigenvalue weighted by Crippen LogP contribution is -2.17. The number of rotatable bonds is 5. The van der Waals surface area contributed by atoms with Crippen LogP contribution in [0.25, 0.3) is 0 Å². The summed E-state index contributed by atoms with van der Waals surface area (Å²) in [4.78, 5) is 12.3. The Morgan fingerprint density at radius 3 is 2.58 bits per heavy atom. The molecule has 0 spiro atoms. The van der Waals surface area contributed by atoms with Crippen LogP contribution in [0.4, 0.5) is 5.69 Å². The number of carbonyl (C=O) groups excluding carboxylic acids is 1. The maximum Gasteiger partial charge on any atom is 0.228 e. The van der Waals surface area contributed by atoms with Crippen molar-refractivity contribution in [3.05, 3.63) is 42.0 Å². The molecule has 0 aromatic heterocycles. The summed E-state index contributed by atoms with van der Waals surface area (Å²) in [6.07, 6.45) is 0.219. The molecule has 24 heavy (non-hydrogen) atoms. The standard InChI is InChI=1S/C18H19NO5/c1-21-13-4-6-15(22-2)14(11-13)19-18(20)10-12-3-5-16-17(9-12)24-8-7-23-16/h3-6,9,11H,7-8,10H2,1-2H3,(H,19,20). The van der Waals surface area contributed by atoms with E-state index in [1.807, 2.05) is 18.2 Å². The van der Waals surface area contributed by atoms with E-state index >= 15 is 0 Å². The van der Waals surface area contributed by atoms with Crippen molar-refractivity contribution in [3.63, 3.8) is 0 Å². The Morgan fingerprint density at radius 1 is 1.04 bits per heavy atom. The van der Waals surface area contributed by atoms with Gasteiger partial charge in [-0.25, -0.2) is 0 Å². The van der Waals surface area contributed by atoms with Gasteiger partial charge in [-0.15, -0.1) is 0 Å². The largest absolute Gasteiger partial charge is 0.497 e. The van der Waals surface area contributed by atoms with E-state index in [9.17, 15) is 4.79 Å². The topological polar surface area (TPSA) is 66.0 Å². The quantitative estimate of drug-likeness (QED) is 0.913. The number of ether oxygens (including phenoxy) is 4. The van der Waals surface area contributed by atoms with Gasteiger partial charge in [-0.3, -0.25) is 4.79 Å². The molecule has 0 atom stereocenters. The molecule has 0 unspecified atom stereocenters. The van der Waals surface area contributed by atoms with Crippen LogP contribution < -0.4 is 24.3 Å². The van der Waals surface area contributed by atoms with Gasteiger partial charge in [0, 0.05) is 6.07 Å². The van der Waals surface area contributed by atoms with Crippen LogP contribution in [0.5, 0.6) is 23.0 Å². The van der Waals surface area contributed by atoms with Gasteiger partial charge in [-0.1, -0.05) is 6.07 Å². The van der Waals surface area contributed by atoms with Gasteiger partial charge in [0.15, 0.2) is 11.5 Å². The van der Waals surface area contributed by atoms with Gasteiger partial charge in [-0.05, 0) is 29.8 Å². The first-order valence-electron chi connectivity index (χ1n) is 7.60. The van der Waals surface area contributed by atoms with E-state index in [-0.39, 0.29) is 12.3 Å². The van der Waals surface area contributed by atoms with Crippen molar-refractivity contribution in [1.82, 2.24) is 0 Å². The lowest BCUT2D eigenvalue weighted by molar-refractivity contribution is -0.115. The highest BCUT2D eigenvalue weighted by molar-refractivity contribution is 5.94. The van der Waals surface area contributed by atoms with E-state index in [4.69, 9.17) is 18.9 Å². The van der Waals surface area contributed by atoms with Gasteiger partial charge in [0.1, 0.15) is 24.7 Å². The molecule has 1 amide bonds. The number of benzene rings is 2. The Labute approximate surface area is 140 Å². The Hall–Kier alpha value is -2.89. The van der Waals surface area contributed by atoms with E-state index in [2.05, 4.69) is 5.32 Å². The normalized spacial score (nSPS) is 12.4. The predicted molar refractivity (Wildman–Crippen MR) is 89.3 cm³/mol. The zero-order valence-corrected chi connectivity index (χ0v) is 13.6. The van der Waals surface area contributed by atoms with E-state index in [0.29, 0.717) is 41.9 Å². The summed E-state index contributed by atoms with van der Waals surface area (Å²) in [5.41, 5.74) is 1.41. The zero-order chi connectivity index (χ0) is 16.9. The smallest absolute Gasteiger partial charge is 0.228 e. The van der Waals surface area contributed by atoms with Crippen LogP contribution >= 0.6 is 0 Å². The van der Waals surface area contributed by atoms with Gasteiger partial charge in [0.2, 0.25) is 5.91 Å². The number of anilines is 1. The van der Waals surface area contributed by atoms with Gasteiger partial charge >= 0.3 is 0 Å². The number of hydrogen-bond donors (Lipinski definition) is 1. The number of nitrogens with one attached hydrogen (secondary N) is 1. The molecule has 2 aromatic rings. The fourth-order valence-corrected chi connectivity index (χ4v) is 2.49. The van der Waals surface area contributed by atoms with Crippen LogP contribution in [0.1, 0.15) is 5.56 Å². The number of methoxy groups -OCH3 is 2. The van der Waals surface area contributed by atoms with Crippen LogP contribution in [0.15, 0.2) is 36.4 Å². The molecule has 0 fully saturated rings. The molecule has 6 nitrogen and oxygen atoms in total. The van der Waals surface area contributed by atoms with Crippen LogP contribution in [-0.4, -0.2) is 33.3 Å². The summed E-state index contributed by atoms with van der Waals surface area (Å²) in [5, 5.41) is 2.85. The Bertz CT molecular complexity index is 744. The van der Waals surface area contributed by atoms with E-state index < -0.39 is 0 Å². The number of hydrogen-bond acceptors (Lipinski definition) is 5. The fourth-order valence-electron chi connectivity index (χ4n) is 2.49. The van der Waals surface area contributed by atoms with Crippen LogP contribution in [-0.2, 0) is 11.2 Å². The maximum absolute atomic E-state index is 12.3. The first-order chi connectivity index (χ1) is 11.7. The van der Waals surface area contributed by atoms with Crippen molar-refractivity contribution in [3.8, 4) is 23.0 Å². The highest BCUT2D eigenvalue weighted by atomic mass is 16.6. The minimum atomic E-state index is -0.154. The first kappa shape index (κ1) is 16.0. The molecule has 0 radical (unpaired) electrons. The summed E-state index contributed by atoms with van der Waals surface area (Å²) in [5.74, 6) is 2.44. The molecular weight excluding hydrogens is 310 g/mol. The summed E-state index contributed by atoms with van der Waals surface area (Å²) in [6, 6.07) is 10.8. The minimum Gasteiger partial charge on any atom is -0.497 e. The highest BCUT2D eigenvalue weighted by Gasteiger charge is 2.14. The van der Waals surface area contributed by atoms with Gasteiger partial charge in [0.25, 0.3) is 0 Å². The van der Waals surface area contributed by atoms with E-state index in [1.54, 1.807) is 32.4 Å². The lowest BCUT2D eigenvalue weighted by atomic mass is 10.1. The van der Waals surface area contributed by atoms with Crippen molar-refractivity contribution in [1.29, 1.82) is 0 Å². The Kier molecular flexibility index (Phi) is 4.74. The molecule has 0 aliphatic carbocycles. The molecular formula is C18H19NO5. The van der Waals surface area contributed by atoms with E-state index in [1.165, 1.54) is 0 Å². The van der Waals surface area contributed by atoms with Crippen molar-refractivity contribution in [2.45, 2.75) is 6.42 Å². The minimum absolute atomic E-state index is 0.154. The second-order valence-corrected chi connectivity index (χ2v) is 5.27. The highest BCUT2D eigenvalue weighted by Crippen LogP contribution is 2.32. The van der Waals surface area contributed by atoms with E-state index in [0.717, 1.165) is 5.56 Å². The van der Waals surface area contributed by atoms with Crippen LogP contribution in [0, 0.1) is 0 Å². The van der Waals surface area contributed by atoms with Crippen molar-refractivity contribution in [2.24, 2.45) is 0 Å². The molecule has 1 N–H and O–H groups in total. The second kappa shape index (κ2) is 7.12. The number of amides is 1. The molecule has 0 saturated heterocycles. The monoisotopic (exact) mass is 329 g/mol. The van der Waals surface area contributed by atoms with Crippen molar-refractivity contribution >= 4 is 11.6 Å². The molecule has 6 heteroatoms. The third kappa shape index (κ3) is 3.53. The fraction of sp³-hybridized carbons (Fsp3) is 0.278. The molecule has 2 aromatic carbocycles. The summed E-state index contributed by atoms with van der Waals surface area (Å²) in [7, 11) is 3.13. The maximum atomic E-state index is 12.3. The Morgan fingerprint density at radius 2 is 1.83 bits per heavy atom. The summed E-state index contributed by atoms with van der Waals surface area (Å²) in [6.45, 7) is 1.06. The number of fused-ring (bicyclic) bond motifs is 1. The van der Waals surface area contributed by atoms with Crippen LogP contribution in [0.3, 0.4) is 0 Å². The van der Waals surface area contributed by atoms with Gasteiger partial charge in [0.05, 0.1) is 26.3 Å².